The van der Waals surface area contributed by atoms with E-state index in [-0.39, 0.29) is 6.54 Å². The average Bonchev–Trinajstić information content (AvgIpc) is 3.16. The molecule has 7 nitrogen and oxygen atoms in total. The number of hydrogen-bond donors (Lipinski definition) is 3. The molecule has 132 valence electrons. The van der Waals surface area contributed by atoms with Crippen LogP contribution in [0.1, 0.15) is 27.8 Å². The Bertz CT molecular complexity index is 728. The van der Waals surface area contributed by atoms with E-state index >= 15 is 0 Å². The molecule has 0 aliphatic carbocycles. The van der Waals surface area contributed by atoms with Crippen molar-refractivity contribution >= 4 is 34.8 Å². The first-order chi connectivity index (χ1) is 12.0. The van der Waals surface area contributed by atoms with Crippen molar-refractivity contribution in [1.82, 2.24) is 5.32 Å². The monoisotopic (exact) mass is 362 g/mol. The Balaban J connectivity index is 1.78. The summed E-state index contributed by atoms with van der Waals surface area (Å²) in [6.07, 6.45) is -0.359. The van der Waals surface area contributed by atoms with Crippen LogP contribution >= 0.6 is 11.3 Å². The number of aliphatic hydroxyl groups excluding tert-OH is 1. The van der Waals surface area contributed by atoms with Crippen molar-refractivity contribution in [3.8, 4) is 0 Å². The summed E-state index contributed by atoms with van der Waals surface area (Å²) in [5, 5.41) is 16.6. The molecule has 25 heavy (non-hydrogen) atoms. The van der Waals surface area contributed by atoms with Crippen molar-refractivity contribution in [3.63, 3.8) is 0 Å². The molecule has 0 fully saturated rings. The summed E-state index contributed by atoms with van der Waals surface area (Å²) < 4.78 is 4.58. The maximum atomic E-state index is 11.8. The lowest BCUT2D eigenvalue weighted by molar-refractivity contribution is -0.136. The third-order valence-electron chi connectivity index (χ3n) is 3.35. The summed E-state index contributed by atoms with van der Waals surface area (Å²) in [5.41, 5.74) is 0.721. The van der Waals surface area contributed by atoms with Gasteiger partial charge in [0.1, 0.15) is 0 Å². The van der Waals surface area contributed by atoms with Gasteiger partial charge in [-0.3, -0.25) is 9.59 Å². The number of amides is 2. The van der Waals surface area contributed by atoms with Crippen molar-refractivity contribution in [2.75, 3.05) is 19.0 Å². The number of rotatable bonds is 6. The maximum absolute atomic E-state index is 11.8. The van der Waals surface area contributed by atoms with Crippen LogP contribution in [0.4, 0.5) is 5.69 Å². The van der Waals surface area contributed by atoms with Crippen LogP contribution in [0.3, 0.4) is 0 Å². The van der Waals surface area contributed by atoms with Crippen LogP contribution in [0.15, 0.2) is 41.8 Å². The molecule has 1 aromatic heterocycles. The lowest BCUT2D eigenvalue weighted by atomic mass is 10.2. The van der Waals surface area contributed by atoms with Crippen LogP contribution in [0.25, 0.3) is 0 Å². The quantitative estimate of drug-likeness (QED) is 0.536. The molecule has 0 spiro atoms. The molecule has 2 aromatic rings. The summed E-state index contributed by atoms with van der Waals surface area (Å²) in [4.78, 5) is 35.7. The lowest BCUT2D eigenvalue weighted by Crippen LogP contribution is -2.36. The molecule has 0 radical (unpaired) electrons. The molecule has 2 amide bonds. The number of carbonyl (C=O) groups excluding carboxylic acids is 3. The zero-order valence-corrected chi connectivity index (χ0v) is 14.3. The van der Waals surface area contributed by atoms with Gasteiger partial charge in [-0.2, -0.15) is 0 Å². The molecule has 3 N–H and O–H groups in total. The predicted molar refractivity (Wildman–Crippen MR) is 93.3 cm³/mol. The molecule has 2 rings (SSSR count). The van der Waals surface area contributed by atoms with Gasteiger partial charge in [0.15, 0.2) is 0 Å². The predicted octanol–water partition coefficient (Wildman–Crippen LogP) is 1.71. The number of methoxy groups -OCH3 is 1. The minimum atomic E-state index is -0.823. The van der Waals surface area contributed by atoms with E-state index in [1.165, 1.54) is 42.7 Å². The molecule has 0 unspecified atom stereocenters. The van der Waals surface area contributed by atoms with Crippen LogP contribution in [0, 0.1) is 0 Å². The first-order valence-electron chi connectivity index (χ1n) is 7.50. The van der Waals surface area contributed by atoms with Gasteiger partial charge in [0.2, 0.25) is 0 Å². The van der Waals surface area contributed by atoms with Crippen LogP contribution in [0.2, 0.25) is 0 Å². The smallest absolute Gasteiger partial charge is 0.337 e. The topological polar surface area (TPSA) is 105 Å². The fraction of sp³-hybridized carbons (Fsp3) is 0.235. The molecule has 1 aromatic carbocycles. The number of anilines is 1. The van der Waals surface area contributed by atoms with Gasteiger partial charge in [-0.05, 0) is 42.1 Å². The van der Waals surface area contributed by atoms with Gasteiger partial charge in [0.25, 0.3) is 0 Å². The minimum Gasteiger partial charge on any atom is -0.465 e. The number of thiophene rings is 1. The third kappa shape index (κ3) is 5.40. The van der Waals surface area contributed by atoms with Crippen LogP contribution in [-0.4, -0.2) is 36.5 Å². The van der Waals surface area contributed by atoms with Gasteiger partial charge in [-0.1, -0.05) is 6.07 Å². The third-order valence-corrected chi connectivity index (χ3v) is 4.32. The number of esters is 1. The van der Waals surface area contributed by atoms with Gasteiger partial charge >= 0.3 is 17.8 Å². The Morgan fingerprint density at radius 3 is 2.48 bits per heavy atom. The van der Waals surface area contributed by atoms with E-state index < -0.39 is 23.9 Å². The number of ether oxygens (including phenoxy) is 1. The maximum Gasteiger partial charge on any atom is 0.337 e. The second-order valence-corrected chi connectivity index (χ2v) is 6.08. The van der Waals surface area contributed by atoms with E-state index in [4.69, 9.17) is 0 Å². The Kier molecular flexibility index (Phi) is 6.67. The van der Waals surface area contributed by atoms with E-state index in [9.17, 15) is 19.5 Å². The first kappa shape index (κ1) is 18.6. The number of carbonyl (C=O) groups is 3. The molecule has 0 aliphatic rings. The second kappa shape index (κ2) is 8.95. The Labute approximate surface area is 148 Å². The van der Waals surface area contributed by atoms with E-state index in [1.807, 2.05) is 17.5 Å². The van der Waals surface area contributed by atoms with E-state index in [0.29, 0.717) is 17.7 Å². The largest absolute Gasteiger partial charge is 0.465 e. The lowest BCUT2D eigenvalue weighted by Gasteiger charge is -2.10. The molecule has 8 heteroatoms. The van der Waals surface area contributed by atoms with Crippen molar-refractivity contribution in [3.05, 3.63) is 52.2 Å². The Morgan fingerprint density at radius 1 is 1.16 bits per heavy atom. The van der Waals surface area contributed by atoms with Crippen LogP contribution < -0.4 is 10.6 Å². The zero-order chi connectivity index (χ0) is 18.2. The summed E-state index contributed by atoms with van der Waals surface area (Å²) in [6.45, 7) is 0.173. The average molecular weight is 362 g/mol. The van der Waals surface area contributed by atoms with Gasteiger partial charge in [0, 0.05) is 17.1 Å². The Hall–Kier alpha value is -2.71. The molecule has 0 saturated carbocycles. The minimum absolute atomic E-state index is 0.173. The van der Waals surface area contributed by atoms with Crippen molar-refractivity contribution in [2.45, 2.75) is 12.5 Å². The van der Waals surface area contributed by atoms with Crippen molar-refractivity contribution in [2.24, 2.45) is 0 Å². The van der Waals surface area contributed by atoms with Crippen molar-refractivity contribution in [1.29, 1.82) is 0 Å². The Morgan fingerprint density at radius 2 is 1.88 bits per heavy atom. The fourth-order valence-electron chi connectivity index (χ4n) is 2.02. The highest BCUT2D eigenvalue weighted by atomic mass is 32.1. The van der Waals surface area contributed by atoms with Gasteiger partial charge in [0.05, 0.1) is 18.8 Å². The summed E-state index contributed by atoms with van der Waals surface area (Å²) in [7, 11) is 1.28. The highest BCUT2D eigenvalue weighted by molar-refractivity contribution is 7.10. The molecule has 0 aliphatic heterocycles. The van der Waals surface area contributed by atoms with Gasteiger partial charge in [-0.25, -0.2) is 4.79 Å². The van der Waals surface area contributed by atoms with Gasteiger partial charge < -0.3 is 20.5 Å². The molecule has 1 atom stereocenters. The first-order valence-corrected chi connectivity index (χ1v) is 8.38. The summed E-state index contributed by atoms with van der Waals surface area (Å²) in [6, 6.07) is 9.60. The molecular weight excluding hydrogens is 344 g/mol. The SMILES string of the molecule is COC(=O)c1ccc(NC(=O)C(=O)NCC[C@@H](O)c2cccs2)cc1. The van der Waals surface area contributed by atoms with E-state index in [0.717, 1.165) is 4.88 Å². The second-order valence-electron chi connectivity index (χ2n) is 5.10. The molecule has 0 bridgehead atoms. The van der Waals surface area contributed by atoms with Crippen molar-refractivity contribution < 1.29 is 24.2 Å². The van der Waals surface area contributed by atoms with Crippen LogP contribution in [-0.2, 0) is 14.3 Å². The van der Waals surface area contributed by atoms with Gasteiger partial charge in [-0.15, -0.1) is 11.3 Å². The number of hydrogen-bond acceptors (Lipinski definition) is 6. The van der Waals surface area contributed by atoms with E-state index in [1.54, 1.807) is 0 Å². The fourth-order valence-corrected chi connectivity index (χ4v) is 2.77. The number of benzene rings is 1. The number of aliphatic hydroxyl groups is 1. The molecular formula is C17H18N2O5S. The standard InChI is InChI=1S/C17H18N2O5S/c1-24-17(23)11-4-6-12(7-5-11)19-16(22)15(21)18-9-8-13(20)14-3-2-10-25-14/h2-7,10,13,20H,8-9H2,1H3,(H,18,21)(H,19,22)/t13-/m1/s1. The highest BCUT2D eigenvalue weighted by Gasteiger charge is 2.15. The number of nitrogens with one attached hydrogen (secondary N) is 2. The van der Waals surface area contributed by atoms with Crippen LogP contribution in [0.5, 0.6) is 0 Å². The van der Waals surface area contributed by atoms with E-state index in [2.05, 4.69) is 15.4 Å². The summed E-state index contributed by atoms with van der Waals surface area (Å²) in [5.74, 6) is -2.10. The highest BCUT2D eigenvalue weighted by Crippen LogP contribution is 2.20. The molecule has 1 heterocycles. The normalized spacial score (nSPS) is 11.4. The molecule has 0 saturated heterocycles. The summed E-state index contributed by atoms with van der Waals surface area (Å²) >= 11 is 1.43. The zero-order valence-electron chi connectivity index (χ0n) is 13.5.